The van der Waals surface area contributed by atoms with Crippen molar-refractivity contribution in [3.63, 3.8) is 0 Å². The number of nitrogens with zero attached hydrogens (tertiary/aromatic N) is 12. The van der Waals surface area contributed by atoms with Gasteiger partial charge in [0.15, 0.2) is 46.3 Å². The van der Waals surface area contributed by atoms with Gasteiger partial charge in [0, 0.05) is 104 Å². The van der Waals surface area contributed by atoms with Gasteiger partial charge in [-0.15, -0.1) is 19.3 Å². The molecule has 91 heavy (non-hydrogen) atoms. The van der Waals surface area contributed by atoms with Crippen molar-refractivity contribution >= 4 is 63.0 Å². The molecule has 0 bridgehead atoms. The van der Waals surface area contributed by atoms with E-state index in [2.05, 4.69) is 156 Å². The number of aromatic nitrogens is 12. The molecule has 8 heterocycles. The second kappa shape index (κ2) is 33.3. The number of terminal acetylenes is 3. The van der Waals surface area contributed by atoms with E-state index in [-0.39, 0.29) is 65.5 Å². The number of nitrogens with two attached hydrogens (primary N) is 4. The highest BCUT2D eigenvalue weighted by Crippen LogP contribution is 2.37. The molecule has 25 nitrogen and oxygen atoms in total. The number of rotatable bonds is 21. The lowest BCUT2D eigenvalue weighted by molar-refractivity contribution is 0.244. The van der Waals surface area contributed by atoms with Crippen molar-refractivity contribution in [3.05, 3.63) is 118 Å². The highest BCUT2D eigenvalue weighted by atomic mass is 79.9. The second-order valence-electron chi connectivity index (χ2n) is 22.2. The van der Waals surface area contributed by atoms with Gasteiger partial charge in [-0.2, -0.15) is 19.9 Å². The van der Waals surface area contributed by atoms with E-state index in [9.17, 15) is 0 Å². The smallest absolute Gasteiger partial charge is 0.225 e. The normalized spacial score (nSPS) is 11.7. The molecule has 9 rings (SSSR count). The van der Waals surface area contributed by atoms with Crippen LogP contribution in [0, 0.1) is 42.9 Å². The Balaban J connectivity index is 0.000000193. The summed E-state index contributed by atoms with van der Waals surface area (Å²) in [5.74, 6) is 15.5. The number of aliphatic hydroxyl groups is 1. The van der Waals surface area contributed by atoms with Crippen molar-refractivity contribution < 1.29 is 24.1 Å². The van der Waals surface area contributed by atoms with E-state index < -0.39 is 0 Å². The number of hydrogen-bond acceptors (Lipinski definition) is 25. The van der Waals surface area contributed by atoms with Crippen molar-refractivity contribution in [2.75, 3.05) is 64.4 Å². The van der Waals surface area contributed by atoms with Crippen LogP contribution >= 0.6 is 15.9 Å². The predicted molar refractivity (Wildman–Crippen MR) is 361 cm³/mol. The number of hydrogen-bond donors (Lipinski definition) is 9. The molecule has 1 atom stereocenters. The number of ether oxygens (including phenoxy) is 4. The summed E-state index contributed by atoms with van der Waals surface area (Å²) in [7, 11) is 1.72. The van der Waals surface area contributed by atoms with Crippen LogP contribution in [0.5, 0.6) is 46.0 Å². The van der Waals surface area contributed by atoms with Crippen LogP contribution in [0.3, 0.4) is 0 Å². The van der Waals surface area contributed by atoms with Crippen molar-refractivity contribution in [1.29, 1.82) is 0 Å². The second-order valence-corrected chi connectivity index (χ2v) is 23.0. The van der Waals surface area contributed by atoms with E-state index in [0.717, 1.165) is 35.1 Å². The van der Waals surface area contributed by atoms with Gasteiger partial charge in [-0.05, 0) is 72.2 Å². The fraction of sp³-hybridized carbons (Fsp3) is 0.354. The van der Waals surface area contributed by atoms with E-state index in [1.54, 1.807) is 68.5 Å². The molecular weight excluding hydrogens is 1220 g/mol. The lowest BCUT2D eigenvalue weighted by Gasteiger charge is -2.15. The van der Waals surface area contributed by atoms with Crippen LogP contribution in [0.15, 0.2) is 78.4 Å². The Morgan fingerprint density at radius 1 is 0.484 bits per heavy atom. The minimum absolute atomic E-state index is 0.0958. The van der Waals surface area contributed by atoms with E-state index >= 15 is 0 Å². The average Bonchev–Trinajstić information content (AvgIpc) is 2.24. The van der Waals surface area contributed by atoms with Crippen LogP contribution in [0.1, 0.15) is 152 Å². The molecule has 8 aromatic heterocycles. The summed E-state index contributed by atoms with van der Waals surface area (Å²) in [5.41, 5.74) is 29.1. The van der Waals surface area contributed by atoms with Crippen LogP contribution in [-0.2, 0) is 0 Å². The monoisotopic (exact) mass is 1300 g/mol. The van der Waals surface area contributed by atoms with Crippen LogP contribution in [0.4, 0.5) is 47.1 Å². The summed E-state index contributed by atoms with van der Waals surface area (Å²) in [6.07, 6.45) is 31.6. The number of nitrogens with one attached hydrogen (secondary N) is 4. The first kappa shape index (κ1) is 69.7. The Hall–Kier alpha value is -10.4. The molecule has 0 saturated heterocycles. The molecule has 0 amide bonds. The fourth-order valence-electron chi connectivity index (χ4n) is 7.76. The number of aliphatic hydroxyl groups excluding tert-OH is 1. The molecule has 1 saturated carbocycles. The Kier molecular flexibility index (Phi) is 25.5. The Labute approximate surface area is 540 Å². The summed E-state index contributed by atoms with van der Waals surface area (Å²) in [6, 6.07) is 7.63. The van der Waals surface area contributed by atoms with Crippen molar-refractivity contribution in [3.8, 4) is 83.0 Å². The van der Waals surface area contributed by atoms with Gasteiger partial charge in [-0.1, -0.05) is 80.1 Å². The maximum Gasteiger partial charge on any atom is 0.225 e. The molecule has 8 aromatic rings. The van der Waals surface area contributed by atoms with Gasteiger partial charge in [-0.3, -0.25) is 0 Å². The first-order chi connectivity index (χ1) is 43.4. The summed E-state index contributed by atoms with van der Waals surface area (Å²) < 4.78 is 24.2. The number of anilines is 8. The molecule has 0 radical (unpaired) electrons. The van der Waals surface area contributed by atoms with Crippen molar-refractivity contribution in [2.24, 2.45) is 5.92 Å². The lowest BCUT2D eigenvalue weighted by atomic mass is 10.0. The summed E-state index contributed by atoms with van der Waals surface area (Å²) >= 11 is 3.35. The molecule has 476 valence electrons. The average molecular weight is 1300 g/mol. The first-order valence-corrected chi connectivity index (χ1v) is 30.0. The van der Waals surface area contributed by atoms with Crippen molar-refractivity contribution in [1.82, 2.24) is 59.8 Å². The van der Waals surface area contributed by atoms with Gasteiger partial charge in [0.05, 0.1) is 24.8 Å². The van der Waals surface area contributed by atoms with Gasteiger partial charge in [0.2, 0.25) is 23.8 Å². The largest absolute Gasteiger partial charge is 0.451 e. The minimum Gasteiger partial charge on any atom is -0.451 e. The third kappa shape index (κ3) is 20.9. The standard InChI is InChI=1S/C17H19N5O.C17H21N5O.C16H22BrN5O2.C15H17N5O/c1-4-11-7-14(13(8-19-11)10(2)3)23-15-9-20-17(22-16(15)18)21-12-5-6-12;1-6-12-7-14(13(8-19-12)10(2)3)23-15-9-20-17(21-11(4)5)22-16(15)18;1-9(2)11-6-19-14(17)4-12(11)24-13-7-21-16(22-15(13)18)20-5-10(3)8-23;1-5-10-6-12(11(7-18-10)9(2)3)21-13-8-19-15(17-4)20-14(13)16/h1,7-10,12H,5-6H2,2-3H3,(H3,18,20,21,22);1,7-11H,2-5H3,(H3,18,20,21,22);4,6-7,9-10,23H,5,8H2,1-3H3,(H3,18,20,21,22);1,6-9H,2-4H3,(H3,16,17,19,20). The first-order valence-electron chi connectivity index (χ1n) is 29.2. The van der Waals surface area contributed by atoms with E-state index in [0.29, 0.717) is 104 Å². The van der Waals surface area contributed by atoms with Crippen LogP contribution in [0.2, 0.25) is 0 Å². The lowest BCUT2D eigenvalue weighted by Crippen LogP contribution is -2.16. The van der Waals surface area contributed by atoms with Gasteiger partial charge >= 0.3 is 0 Å². The molecule has 13 N–H and O–H groups in total. The quantitative estimate of drug-likeness (QED) is 0.0238. The van der Waals surface area contributed by atoms with Gasteiger partial charge in [0.25, 0.3) is 0 Å². The van der Waals surface area contributed by atoms with Gasteiger partial charge in [-0.25, -0.2) is 39.9 Å². The van der Waals surface area contributed by atoms with Gasteiger partial charge in [0.1, 0.15) is 44.7 Å². The predicted octanol–water partition coefficient (Wildman–Crippen LogP) is 11.7. The Morgan fingerprint density at radius 3 is 1.18 bits per heavy atom. The number of nitrogen functional groups attached to an aromatic ring is 4. The summed E-state index contributed by atoms with van der Waals surface area (Å²) in [4.78, 5) is 50.3. The molecule has 26 heteroatoms. The highest BCUT2D eigenvalue weighted by molar-refractivity contribution is 9.10. The molecule has 0 aliphatic heterocycles. The molecule has 1 fully saturated rings. The van der Waals surface area contributed by atoms with E-state index in [4.69, 9.17) is 66.3 Å². The number of pyridine rings is 4. The topological polar surface area (TPSA) is 364 Å². The molecule has 0 aromatic carbocycles. The van der Waals surface area contributed by atoms with Crippen LogP contribution < -0.4 is 63.1 Å². The molecule has 1 aliphatic carbocycles. The summed E-state index contributed by atoms with van der Waals surface area (Å²) in [6.45, 7) is 23.0. The Bertz CT molecular complexity index is 3760. The van der Waals surface area contributed by atoms with Gasteiger partial charge < -0.3 is 68.3 Å². The SMILES string of the molecule is C#Cc1cc(Oc2cnc(NC(C)C)nc2N)c(C(C)C)cn1.C#Cc1cc(Oc2cnc(NC)nc2N)c(C(C)C)cn1.C#Cc1cc(Oc2cnc(NC3CC3)nc2N)c(C(C)C)cn1.CC(CO)CNc1ncc(Oc2cc(Br)ncc2C(C)C)c(N)n1. The molecule has 1 aliphatic rings. The number of halogens is 1. The third-order valence-corrected chi connectivity index (χ3v) is 13.4. The zero-order valence-corrected chi connectivity index (χ0v) is 54.8. The van der Waals surface area contributed by atoms with Crippen LogP contribution in [-0.4, -0.2) is 97.2 Å². The Morgan fingerprint density at radius 2 is 0.824 bits per heavy atom. The van der Waals surface area contributed by atoms with E-state index in [1.807, 2.05) is 34.6 Å². The third-order valence-electron chi connectivity index (χ3n) is 13.0. The minimum atomic E-state index is 0.0958. The van der Waals surface area contributed by atoms with Crippen LogP contribution in [0.25, 0.3) is 0 Å². The fourth-order valence-corrected chi connectivity index (χ4v) is 8.07. The maximum atomic E-state index is 9.03. The zero-order valence-electron chi connectivity index (χ0n) is 53.2. The zero-order chi connectivity index (χ0) is 66.5. The highest BCUT2D eigenvalue weighted by Gasteiger charge is 2.23. The summed E-state index contributed by atoms with van der Waals surface area (Å²) in [5, 5.41) is 21.2. The molecular formula is C65H79BrN20O5. The maximum absolute atomic E-state index is 9.03. The molecule has 1 unspecified atom stereocenters. The molecule has 0 spiro atoms. The van der Waals surface area contributed by atoms with Crippen molar-refractivity contribution in [2.45, 2.75) is 125 Å². The van der Waals surface area contributed by atoms with E-state index in [1.165, 1.54) is 12.4 Å².